The van der Waals surface area contributed by atoms with Crippen LogP contribution in [0.5, 0.6) is 11.5 Å². The number of anilines is 2. The molecule has 46 heavy (non-hydrogen) atoms. The minimum absolute atomic E-state index is 0.0247. The molecule has 1 aliphatic heterocycles. The molecule has 3 aromatic carbocycles. The van der Waals surface area contributed by atoms with Crippen LogP contribution in [0.3, 0.4) is 0 Å². The molecule has 8 nitrogen and oxygen atoms in total. The number of methoxy groups -OCH3 is 1. The van der Waals surface area contributed by atoms with Gasteiger partial charge in [-0.1, -0.05) is 69.9 Å². The summed E-state index contributed by atoms with van der Waals surface area (Å²) in [7, 11) is -9.04. The first-order chi connectivity index (χ1) is 21.7. The molecule has 0 saturated carbocycles. The Kier molecular flexibility index (Phi) is 11.3. The number of ether oxygens (including phenoxy) is 1. The Bertz CT molecular complexity index is 1690. The molecule has 0 unspecified atom stereocenters. The number of alkyl halides is 3. The molecule has 3 aromatic rings. The lowest BCUT2D eigenvalue weighted by atomic mass is 9.85. The Labute approximate surface area is 274 Å². The van der Waals surface area contributed by atoms with Gasteiger partial charge in [-0.3, -0.25) is 0 Å². The Balaban J connectivity index is 2.05. The van der Waals surface area contributed by atoms with Gasteiger partial charge in [0.1, 0.15) is 10.6 Å². The number of unbranched alkanes of at least 4 members (excludes halogenated alkanes) is 2. The summed E-state index contributed by atoms with van der Waals surface area (Å²) in [4.78, 5) is 1.58. The van der Waals surface area contributed by atoms with Crippen molar-refractivity contribution in [3.8, 4) is 11.5 Å². The summed E-state index contributed by atoms with van der Waals surface area (Å²) >= 11 is 0.955. The lowest BCUT2D eigenvalue weighted by Crippen LogP contribution is -2.55. The van der Waals surface area contributed by atoms with Crippen molar-refractivity contribution in [3.05, 3.63) is 72.3 Å². The molecule has 0 atom stereocenters. The van der Waals surface area contributed by atoms with E-state index in [0.29, 0.717) is 29.8 Å². The summed E-state index contributed by atoms with van der Waals surface area (Å²) < 4.78 is 106. The van der Waals surface area contributed by atoms with Crippen molar-refractivity contribution in [2.75, 3.05) is 24.8 Å². The molecular weight excluding hydrogens is 662 g/mol. The average Bonchev–Trinajstić information content (AvgIpc) is 3.10. The molecule has 252 valence electrons. The van der Waals surface area contributed by atoms with Crippen molar-refractivity contribution in [2.45, 2.75) is 79.8 Å². The van der Waals surface area contributed by atoms with E-state index in [-0.39, 0.29) is 28.6 Å². The van der Waals surface area contributed by atoms with Gasteiger partial charge >= 0.3 is 15.6 Å². The van der Waals surface area contributed by atoms with Gasteiger partial charge in [-0.05, 0) is 55.0 Å². The van der Waals surface area contributed by atoms with Gasteiger partial charge in [0.2, 0.25) is 10.0 Å². The maximum absolute atomic E-state index is 15.0. The van der Waals surface area contributed by atoms with Crippen LogP contribution in [0.15, 0.2) is 76.5 Å². The highest BCUT2D eigenvalue weighted by atomic mass is 32.2. The fraction of sp³-hybridized carbons (Fsp3) is 0.438. The number of fused-ring (bicyclic) bond motifs is 1. The van der Waals surface area contributed by atoms with E-state index in [1.54, 1.807) is 30.5 Å². The van der Waals surface area contributed by atoms with Crippen LogP contribution in [-0.4, -0.2) is 52.1 Å². The van der Waals surface area contributed by atoms with Crippen LogP contribution in [0, 0.1) is 0 Å². The number of sulfonamides is 1. The van der Waals surface area contributed by atoms with E-state index in [2.05, 4.69) is 4.18 Å². The quantitative estimate of drug-likeness (QED) is 0.100. The topological polar surface area (TPSA) is 93.2 Å². The molecule has 0 radical (unpaired) electrons. The van der Waals surface area contributed by atoms with Gasteiger partial charge in [-0.15, -0.1) is 11.8 Å². The summed E-state index contributed by atoms with van der Waals surface area (Å²) in [6, 6.07) is 18.5. The van der Waals surface area contributed by atoms with Crippen molar-refractivity contribution >= 4 is 43.3 Å². The first kappa shape index (κ1) is 35.9. The van der Waals surface area contributed by atoms with E-state index in [1.807, 2.05) is 49.1 Å². The van der Waals surface area contributed by atoms with Crippen LogP contribution in [0.25, 0.3) is 0 Å². The predicted molar refractivity (Wildman–Crippen MR) is 175 cm³/mol. The summed E-state index contributed by atoms with van der Waals surface area (Å²) in [6.45, 7) is 4.30. The third kappa shape index (κ3) is 7.45. The second-order valence-corrected chi connectivity index (χ2v) is 15.4. The summed E-state index contributed by atoms with van der Waals surface area (Å²) in [6.07, 6.45) is 5.68. The van der Waals surface area contributed by atoms with Crippen LogP contribution >= 0.6 is 11.8 Å². The normalized spacial score (nSPS) is 16.5. The molecule has 0 bridgehead atoms. The maximum atomic E-state index is 15.0. The number of thioether (sulfide) groups is 1. The molecule has 1 aliphatic rings. The number of hydrogen-bond donors (Lipinski definition) is 0. The van der Waals surface area contributed by atoms with Crippen molar-refractivity contribution in [2.24, 2.45) is 0 Å². The second kappa shape index (κ2) is 14.4. The molecule has 14 heteroatoms. The average molecular weight is 701 g/mol. The number of hydrogen-bond acceptors (Lipinski definition) is 8. The van der Waals surface area contributed by atoms with Gasteiger partial charge in [0.05, 0.1) is 23.2 Å². The van der Waals surface area contributed by atoms with E-state index in [0.717, 1.165) is 43.5 Å². The van der Waals surface area contributed by atoms with E-state index >= 15 is 8.42 Å². The van der Waals surface area contributed by atoms with Gasteiger partial charge in [-0.25, -0.2) is 8.42 Å². The zero-order chi connectivity index (χ0) is 33.8. The Morgan fingerprint density at radius 3 is 2.09 bits per heavy atom. The smallest absolute Gasteiger partial charge is 0.497 e. The predicted octanol–water partition coefficient (Wildman–Crippen LogP) is 8.11. The highest BCUT2D eigenvalue weighted by Crippen LogP contribution is 2.48. The number of para-hydroxylation sites is 1. The molecule has 0 aromatic heterocycles. The van der Waals surface area contributed by atoms with Gasteiger partial charge in [0.15, 0.2) is 5.75 Å². The van der Waals surface area contributed by atoms with Crippen LogP contribution in [0.4, 0.5) is 24.5 Å². The molecule has 0 saturated heterocycles. The van der Waals surface area contributed by atoms with Crippen LogP contribution in [-0.2, 0) is 26.7 Å². The van der Waals surface area contributed by atoms with Crippen molar-refractivity contribution in [1.29, 1.82) is 0 Å². The highest BCUT2D eigenvalue weighted by Gasteiger charge is 2.51. The number of nitrogens with zero attached hydrogens (tertiary/aromatic N) is 2. The van der Waals surface area contributed by atoms with Crippen LogP contribution < -0.4 is 13.8 Å². The summed E-state index contributed by atoms with van der Waals surface area (Å²) in [5.74, 6) is -0.109. The van der Waals surface area contributed by atoms with Gasteiger partial charge in [-0.2, -0.15) is 25.9 Å². The first-order valence-corrected chi connectivity index (χ1v) is 19.0. The van der Waals surface area contributed by atoms with Crippen molar-refractivity contribution in [3.63, 3.8) is 0 Å². The lowest BCUT2D eigenvalue weighted by Gasteiger charge is -2.44. The molecule has 0 spiro atoms. The maximum Gasteiger partial charge on any atom is 0.534 e. The molecular formula is C32H39F3N2O6S3. The Hall–Kier alpha value is -2.94. The van der Waals surface area contributed by atoms with Crippen LogP contribution in [0.1, 0.15) is 57.9 Å². The van der Waals surface area contributed by atoms with E-state index < -0.39 is 36.9 Å². The largest absolute Gasteiger partial charge is 0.534 e. The molecule has 1 heterocycles. The molecule has 0 amide bonds. The number of rotatable bonds is 13. The van der Waals surface area contributed by atoms with Crippen molar-refractivity contribution in [1.82, 2.24) is 4.31 Å². The number of benzene rings is 3. The lowest BCUT2D eigenvalue weighted by molar-refractivity contribution is -0.0500. The zero-order valence-corrected chi connectivity index (χ0v) is 28.7. The zero-order valence-electron chi connectivity index (χ0n) is 26.2. The first-order valence-electron chi connectivity index (χ1n) is 14.9. The molecule has 0 N–H and O–H groups in total. The van der Waals surface area contributed by atoms with E-state index in [4.69, 9.17) is 4.74 Å². The van der Waals surface area contributed by atoms with Gasteiger partial charge in [0.25, 0.3) is 0 Å². The van der Waals surface area contributed by atoms with Gasteiger partial charge < -0.3 is 13.8 Å². The monoisotopic (exact) mass is 700 g/mol. The van der Waals surface area contributed by atoms with E-state index in [9.17, 15) is 21.6 Å². The van der Waals surface area contributed by atoms with Crippen LogP contribution in [0.2, 0.25) is 0 Å². The Morgan fingerprint density at radius 1 is 0.957 bits per heavy atom. The fourth-order valence-corrected chi connectivity index (χ4v) is 8.75. The molecule has 0 aliphatic carbocycles. The minimum atomic E-state index is -6.08. The second-order valence-electron chi connectivity index (χ2n) is 11.2. The minimum Gasteiger partial charge on any atom is -0.497 e. The van der Waals surface area contributed by atoms with E-state index in [1.165, 1.54) is 17.5 Å². The third-order valence-electron chi connectivity index (χ3n) is 8.11. The third-order valence-corrected chi connectivity index (χ3v) is 11.8. The van der Waals surface area contributed by atoms with Crippen molar-refractivity contribution < 1.29 is 38.9 Å². The molecule has 4 rings (SSSR count). The fourth-order valence-electron chi connectivity index (χ4n) is 5.70. The highest BCUT2D eigenvalue weighted by molar-refractivity contribution is 7.98. The van der Waals surface area contributed by atoms with Gasteiger partial charge in [0, 0.05) is 24.8 Å². The molecule has 0 fully saturated rings. The standard InChI is InChI=1S/C32H39F3N2O6S3/c1-5-7-18-31(19-8-6-2)23-36(25-12-10-9-11-13-25)27-20-29(44-4)28(43-46(40,41)32(33,34)35)21-30(27)45(38,39)37(31)22-24-14-16-26(42-3)17-15-24/h9-17,20-21H,5-8,18-19,22-23H2,1-4H3. The number of halogens is 3. The SMILES string of the molecule is CCCCC1(CCCC)CN(c2ccccc2)c2cc(SC)c(OS(=O)(=O)C(F)(F)F)cc2S(=O)(=O)N1Cc1ccc(OC)cc1. The Morgan fingerprint density at radius 2 is 1.57 bits per heavy atom. The summed E-state index contributed by atoms with van der Waals surface area (Å²) in [5.41, 5.74) is -5.04. The summed E-state index contributed by atoms with van der Waals surface area (Å²) in [5, 5.41) is 0.